The molecular formula is C20H23BrN6O2S. The second-order valence-corrected chi connectivity index (χ2v) is 10.2. The lowest BCUT2D eigenvalue weighted by atomic mass is 10.2. The fourth-order valence-electron chi connectivity index (χ4n) is 3.46. The molecule has 0 spiro atoms. The second-order valence-electron chi connectivity index (χ2n) is 7.30. The molecule has 0 bridgehead atoms. The van der Waals surface area contributed by atoms with Crippen LogP contribution < -0.4 is 4.90 Å². The van der Waals surface area contributed by atoms with Crippen LogP contribution in [0.3, 0.4) is 0 Å². The van der Waals surface area contributed by atoms with Gasteiger partial charge in [0.25, 0.3) is 0 Å². The molecule has 0 atom stereocenters. The van der Waals surface area contributed by atoms with Crippen molar-refractivity contribution in [3.05, 3.63) is 57.8 Å². The van der Waals surface area contributed by atoms with E-state index in [-0.39, 0.29) is 0 Å². The highest BCUT2D eigenvalue weighted by atomic mass is 79.9. The summed E-state index contributed by atoms with van der Waals surface area (Å²) in [5.41, 5.74) is 3.16. The van der Waals surface area contributed by atoms with Crippen LogP contribution in [0.2, 0.25) is 0 Å². The summed E-state index contributed by atoms with van der Waals surface area (Å²) < 4.78 is 29.9. The highest BCUT2D eigenvalue weighted by Crippen LogP contribution is 2.22. The van der Waals surface area contributed by atoms with Crippen LogP contribution in [0.15, 0.2) is 45.8 Å². The Morgan fingerprint density at radius 3 is 2.00 bits per heavy atom. The molecule has 10 heteroatoms. The highest BCUT2D eigenvalue weighted by Gasteiger charge is 2.29. The van der Waals surface area contributed by atoms with E-state index in [1.165, 1.54) is 4.31 Å². The molecule has 1 fully saturated rings. The Morgan fingerprint density at radius 2 is 1.47 bits per heavy atom. The predicted octanol–water partition coefficient (Wildman–Crippen LogP) is 2.86. The van der Waals surface area contributed by atoms with Crippen molar-refractivity contribution < 1.29 is 8.42 Å². The van der Waals surface area contributed by atoms with Gasteiger partial charge in [-0.25, -0.2) is 13.1 Å². The zero-order valence-electron chi connectivity index (χ0n) is 17.1. The molecule has 0 unspecified atom stereocenters. The Labute approximate surface area is 184 Å². The summed E-state index contributed by atoms with van der Waals surface area (Å²) in [5.74, 6) is 1.40. The highest BCUT2D eigenvalue weighted by molar-refractivity contribution is 9.10. The Bertz CT molecular complexity index is 1150. The first-order valence-electron chi connectivity index (χ1n) is 9.65. The maximum absolute atomic E-state index is 12.9. The van der Waals surface area contributed by atoms with Gasteiger partial charge in [-0.05, 0) is 62.7 Å². The minimum atomic E-state index is -3.50. The molecule has 158 valence electrons. The number of hydrogen-bond acceptors (Lipinski definition) is 6. The van der Waals surface area contributed by atoms with E-state index in [2.05, 4.69) is 36.1 Å². The molecule has 0 radical (unpaired) electrons. The SMILES string of the molecule is Cc1nn(-c2ccc(N3CCN(S(=O)(=O)c4ccc(Br)cc4)CC3)nn2)c(C)c1C. The number of hydrogen-bond donors (Lipinski definition) is 0. The van der Waals surface area contributed by atoms with Crippen LogP contribution in [0.5, 0.6) is 0 Å². The van der Waals surface area contributed by atoms with Gasteiger partial charge in [-0.2, -0.15) is 9.40 Å². The van der Waals surface area contributed by atoms with Gasteiger partial charge >= 0.3 is 0 Å². The van der Waals surface area contributed by atoms with Crippen LogP contribution in [-0.2, 0) is 10.0 Å². The van der Waals surface area contributed by atoms with Gasteiger partial charge in [-0.1, -0.05) is 15.9 Å². The van der Waals surface area contributed by atoms with Gasteiger partial charge in [-0.15, -0.1) is 10.2 Å². The van der Waals surface area contributed by atoms with Crippen LogP contribution in [0.25, 0.3) is 5.82 Å². The summed E-state index contributed by atoms with van der Waals surface area (Å²) in [4.78, 5) is 2.36. The van der Waals surface area contributed by atoms with Crippen molar-refractivity contribution in [2.24, 2.45) is 0 Å². The minimum Gasteiger partial charge on any atom is -0.352 e. The number of piperazine rings is 1. The second kappa shape index (κ2) is 8.09. The van der Waals surface area contributed by atoms with E-state index in [9.17, 15) is 8.42 Å². The van der Waals surface area contributed by atoms with Gasteiger partial charge in [0.15, 0.2) is 11.6 Å². The number of sulfonamides is 1. The summed E-state index contributed by atoms with van der Waals surface area (Å²) in [6, 6.07) is 10.5. The molecular weight excluding hydrogens is 468 g/mol. The van der Waals surface area contributed by atoms with E-state index >= 15 is 0 Å². The number of aryl methyl sites for hydroxylation is 1. The molecule has 3 aromatic rings. The minimum absolute atomic E-state index is 0.309. The summed E-state index contributed by atoms with van der Waals surface area (Å²) in [7, 11) is -3.50. The quantitative estimate of drug-likeness (QED) is 0.558. The van der Waals surface area contributed by atoms with Crippen molar-refractivity contribution in [1.82, 2.24) is 24.3 Å². The molecule has 1 aliphatic heterocycles. The van der Waals surface area contributed by atoms with Crippen LogP contribution in [-0.4, -0.2) is 58.9 Å². The molecule has 1 saturated heterocycles. The molecule has 4 rings (SSSR count). The first-order valence-corrected chi connectivity index (χ1v) is 11.9. The zero-order chi connectivity index (χ0) is 21.5. The topological polar surface area (TPSA) is 84.2 Å². The summed E-state index contributed by atoms with van der Waals surface area (Å²) >= 11 is 3.34. The van der Waals surface area contributed by atoms with Crippen molar-refractivity contribution in [3.8, 4) is 5.82 Å². The molecule has 2 aromatic heterocycles. The van der Waals surface area contributed by atoms with Crippen molar-refractivity contribution in [3.63, 3.8) is 0 Å². The predicted molar refractivity (Wildman–Crippen MR) is 118 cm³/mol. The molecule has 1 aliphatic rings. The summed E-state index contributed by atoms with van der Waals surface area (Å²) in [6.45, 7) is 7.94. The number of anilines is 1. The number of aromatic nitrogens is 4. The number of halogens is 1. The van der Waals surface area contributed by atoms with Gasteiger partial charge in [0.2, 0.25) is 10.0 Å². The van der Waals surface area contributed by atoms with Crippen LogP contribution >= 0.6 is 15.9 Å². The fraction of sp³-hybridized carbons (Fsp3) is 0.350. The van der Waals surface area contributed by atoms with Crippen LogP contribution in [0.4, 0.5) is 5.82 Å². The third-order valence-electron chi connectivity index (χ3n) is 5.52. The lowest BCUT2D eigenvalue weighted by Crippen LogP contribution is -2.49. The van der Waals surface area contributed by atoms with E-state index in [1.54, 1.807) is 28.9 Å². The third-order valence-corrected chi connectivity index (χ3v) is 7.96. The van der Waals surface area contributed by atoms with Crippen molar-refractivity contribution in [2.75, 3.05) is 31.1 Å². The molecule has 1 aromatic carbocycles. The molecule has 0 aliphatic carbocycles. The van der Waals surface area contributed by atoms with Crippen molar-refractivity contribution in [2.45, 2.75) is 25.7 Å². The van der Waals surface area contributed by atoms with E-state index in [0.29, 0.717) is 36.9 Å². The summed E-state index contributed by atoms with van der Waals surface area (Å²) in [6.07, 6.45) is 0. The Kier molecular flexibility index (Phi) is 5.65. The van der Waals surface area contributed by atoms with E-state index in [1.807, 2.05) is 32.9 Å². The van der Waals surface area contributed by atoms with Gasteiger partial charge in [0.05, 0.1) is 10.6 Å². The van der Waals surface area contributed by atoms with Crippen LogP contribution in [0, 0.1) is 20.8 Å². The molecule has 30 heavy (non-hydrogen) atoms. The third kappa shape index (κ3) is 3.86. The van der Waals surface area contributed by atoms with E-state index < -0.39 is 10.0 Å². The Hall–Kier alpha value is -2.30. The van der Waals surface area contributed by atoms with Crippen LogP contribution in [0.1, 0.15) is 17.0 Å². The molecule has 3 heterocycles. The molecule has 0 amide bonds. The standard InChI is InChI=1S/C20H23BrN6O2S/c1-14-15(2)24-27(16(14)3)20-9-8-19(22-23-20)25-10-12-26(13-11-25)30(28,29)18-6-4-17(21)5-7-18/h4-9H,10-13H2,1-3H3. The average molecular weight is 491 g/mol. The lowest BCUT2D eigenvalue weighted by Gasteiger charge is -2.34. The monoisotopic (exact) mass is 490 g/mol. The number of nitrogens with zero attached hydrogens (tertiary/aromatic N) is 6. The molecule has 0 N–H and O–H groups in total. The first kappa shape index (κ1) is 21.0. The van der Waals surface area contributed by atoms with Gasteiger partial charge in [-0.3, -0.25) is 0 Å². The fourth-order valence-corrected chi connectivity index (χ4v) is 5.14. The average Bonchev–Trinajstić information content (AvgIpc) is 3.01. The first-order chi connectivity index (χ1) is 14.3. The number of benzene rings is 1. The van der Waals surface area contributed by atoms with Crippen molar-refractivity contribution >= 4 is 31.8 Å². The largest absolute Gasteiger partial charge is 0.352 e. The van der Waals surface area contributed by atoms with Gasteiger partial charge in [0, 0.05) is 36.3 Å². The van der Waals surface area contributed by atoms with E-state index in [4.69, 9.17) is 0 Å². The maximum atomic E-state index is 12.9. The zero-order valence-corrected chi connectivity index (χ0v) is 19.5. The Balaban J connectivity index is 1.45. The maximum Gasteiger partial charge on any atom is 0.243 e. The Morgan fingerprint density at radius 1 is 0.867 bits per heavy atom. The number of rotatable bonds is 4. The smallest absolute Gasteiger partial charge is 0.243 e. The van der Waals surface area contributed by atoms with Gasteiger partial charge < -0.3 is 4.90 Å². The lowest BCUT2D eigenvalue weighted by molar-refractivity contribution is 0.383. The van der Waals surface area contributed by atoms with Gasteiger partial charge in [0.1, 0.15) is 0 Å². The van der Waals surface area contributed by atoms with E-state index in [0.717, 1.165) is 27.2 Å². The van der Waals surface area contributed by atoms with Crippen molar-refractivity contribution in [1.29, 1.82) is 0 Å². The normalized spacial score (nSPS) is 15.5. The summed E-state index contributed by atoms with van der Waals surface area (Å²) in [5, 5.41) is 13.2. The molecule has 8 nitrogen and oxygen atoms in total. The molecule has 0 saturated carbocycles.